The van der Waals surface area contributed by atoms with Crippen LogP contribution in [0.25, 0.3) is 0 Å². The van der Waals surface area contributed by atoms with Gasteiger partial charge in [-0.05, 0) is 52.7 Å². The Hall–Kier alpha value is -1.10. The summed E-state index contributed by atoms with van der Waals surface area (Å²) >= 11 is 9.51. The Kier molecular flexibility index (Phi) is 5.19. The largest absolute Gasteiger partial charge is 0.485 e. The van der Waals surface area contributed by atoms with Crippen LogP contribution in [0.1, 0.15) is 11.3 Å². The van der Waals surface area contributed by atoms with Gasteiger partial charge < -0.3 is 10.5 Å². The van der Waals surface area contributed by atoms with Gasteiger partial charge in [-0.1, -0.05) is 23.7 Å². The molecule has 0 aliphatic heterocycles. The van der Waals surface area contributed by atoms with Crippen LogP contribution < -0.4 is 10.5 Å². The third kappa shape index (κ3) is 3.93. The van der Waals surface area contributed by atoms with E-state index < -0.39 is 0 Å². The predicted molar refractivity (Wildman–Crippen MR) is 80.5 cm³/mol. The summed E-state index contributed by atoms with van der Waals surface area (Å²) in [6.45, 7) is 0.946. The number of hydrogen-bond acceptors (Lipinski definition) is 3. The maximum atomic E-state index is 6.16. The quantitative estimate of drug-likeness (QED) is 0.904. The van der Waals surface area contributed by atoms with Crippen LogP contribution in [-0.4, -0.2) is 11.5 Å². The summed E-state index contributed by atoms with van der Waals surface area (Å²) in [7, 11) is 0. The second kappa shape index (κ2) is 6.89. The molecule has 1 heterocycles. The summed E-state index contributed by atoms with van der Waals surface area (Å²) in [5, 5.41) is 0.600. The Balaban J connectivity index is 2.12. The fourth-order valence-corrected chi connectivity index (χ4v) is 2.19. The van der Waals surface area contributed by atoms with Gasteiger partial charge >= 0.3 is 0 Å². The number of rotatable bonds is 5. The Morgan fingerprint density at radius 2 is 2.11 bits per heavy atom. The molecule has 0 radical (unpaired) electrons. The van der Waals surface area contributed by atoms with E-state index in [0.29, 0.717) is 23.9 Å². The second-order valence-electron chi connectivity index (χ2n) is 4.02. The molecule has 0 bridgehead atoms. The number of ether oxygens (including phenoxy) is 1. The van der Waals surface area contributed by atoms with Gasteiger partial charge in [-0.25, -0.2) is 0 Å². The van der Waals surface area contributed by atoms with E-state index in [0.717, 1.165) is 22.2 Å². The highest BCUT2D eigenvalue weighted by Crippen LogP contribution is 2.29. The van der Waals surface area contributed by atoms with E-state index in [9.17, 15) is 0 Å². The Bertz CT molecular complexity index is 546. The van der Waals surface area contributed by atoms with Crippen LogP contribution in [0.3, 0.4) is 0 Å². The van der Waals surface area contributed by atoms with Crippen molar-refractivity contribution in [1.82, 2.24) is 4.98 Å². The topological polar surface area (TPSA) is 48.1 Å². The maximum Gasteiger partial charge on any atom is 0.141 e. The molecule has 1 aromatic heterocycles. The van der Waals surface area contributed by atoms with Gasteiger partial charge in [0.15, 0.2) is 0 Å². The Morgan fingerprint density at radius 1 is 1.26 bits per heavy atom. The fraction of sp³-hybridized carbons (Fsp3) is 0.214. The molecule has 0 aliphatic carbocycles. The highest BCUT2D eigenvalue weighted by molar-refractivity contribution is 9.10. The Labute approximate surface area is 125 Å². The van der Waals surface area contributed by atoms with Crippen molar-refractivity contribution < 1.29 is 4.74 Å². The summed E-state index contributed by atoms with van der Waals surface area (Å²) in [5.74, 6) is 0.694. The highest BCUT2D eigenvalue weighted by Gasteiger charge is 2.08. The standard InChI is InChI=1S/C14H14BrClN2O/c15-11-4-5-12(18-8-11)9-19-14-10(6-7-17)2-1-3-13(14)16/h1-5,8H,6-7,9,17H2. The smallest absolute Gasteiger partial charge is 0.141 e. The third-order valence-corrected chi connectivity index (χ3v) is 3.38. The molecule has 0 saturated carbocycles. The fourth-order valence-electron chi connectivity index (χ4n) is 1.71. The molecule has 0 saturated heterocycles. The lowest BCUT2D eigenvalue weighted by Gasteiger charge is -2.12. The minimum Gasteiger partial charge on any atom is -0.485 e. The molecule has 0 fully saturated rings. The van der Waals surface area contributed by atoms with Gasteiger partial charge in [-0.15, -0.1) is 0 Å². The van der Waals surface area contributed by atoms with E-state index in [1.54, 1.807) is 6.20 Å². The minimum atomic E-state index is 0.384. The van der Waals surface area contributed by atoms with Crippen molar-refractivity contribution in [3.05, 3.63) is 57.3 Å². The molecule has 19 heavy (non-hydrogen) atoms. The van der Waals surface area contributed by atoms with E-state index in [1.165, 1.54) is 0 Å². The zero-order valence-corrected chi connectivity index (χ0v) is 12.6. The predicted octanol–water partition coefficient (Wildman–Crippen LogP) is 3.58. The van der Waals surface area contributed by atoms with Crippen LogP contribution >= 0.6 is 27.5 Å². The van der Waals surface area contributed by atoms with Crippen LogP contribution in [0.2, 0.25) is 5.02 Å². The number of halogens is 2. The van der Waals surface area contributed by atoms with E-state index >= 15 is 0 Å². The van der Waals surface area contributed by atoms with Gasteiger partial charge in [0.1, 0.15) is 12.4 Å². The molecular formula is C14H14BrClN2O. The van der Waals surface area contributed by atoms with Crippen LogP contribution in [-0.2, 0) is 13.0 Å². The molecule has 0 amide bonds. The number of para-hydroxylation sites is 1. The summed E-state index contributed by atoms with van der Waals surface area (Å²) in [5.41, 5.74) is 7.46. The van der Waals surface area contributed by atoms with Crippen molar-refractivity contribution in [1.29, 1.82) is 0 Å². The molecule has 3 nitrogen and oxygen atoms in total. The van der Waals surface area contributed by atoms with Gasteiger partial charge in [0.2, 0.25) is 0 Å². The number of pyridine rings is 1. The first-order valence-corrected chi connectivity index (χ1v) is 7.08. The SMILES string of the molecule is NCCc1cccc(Cl)c1OCc1ccc(Br)cn1. The Morgan fingerprint density at radius 3 is 2.79 bits per heavy atom. The zero-order valence-electron chi connectivity index (χ0n) is 10.3. The van der Waals surface area contributed by atoms with E-state index in [1.807, 2.05) is 30.3 Å². The first-order valence-electron chi connectivity index (χ1n) is 5.91. The van der Waals surface area contributed by atoms with Crippen LogP contribution in [0.5, 0.6) is 5.75 Å². The zero-order chi connectivity index (χ0) is 13.7. The molecule has 0 atom stereocenters. The molecule has 0 unspecified atom stereocenters. The molecular weight excluding hydrogens is 328 g/mol. The lowest BCUT2D eigenvalue weighted by molar-refractivity contribution is 0.298. The summed E-state index contributed by atoms with van der Waals surface area (Å²) < 4.78 is 6.72. The lowest BCUT2D eigenvalue weighted by atomic mass is 10.1. The average Bonchev–Trinajstić information content (AvgIpc) is 2.40. The van der Waals surface area contributed by atoms with E-state index in [4.69, 9.17) is 22.1 Å². The summed E-state index contributed by atoms with van der Waals surface area (Å²) in [6, 6.07) is 9.52. The van der Waals surface area contributed by atoms with Gasteiger partial charge in [0.05, 0.1) is 10.7 Å². The molecule has 100 valence electrons. The minimum absolute atomic E-state index is 0.384. The molecule has 1 aromatic carbocycles. The number of nitrogens with zero attached hydrogens (tertiary/aromatic N) is 1. The van der Waals surface area contributed by atoms with Gasteiger partial charge in [0.25, 0.3) is 0 Å². The molecule has 2 N–H and O–H groups in total. The van der Waals surface area contributed by atoms with Gasteiger partial charge in [-0.3, -0.25) is 4.98 Å². The normalized spacial score (nSPS) is 10.5. The monoisotopic (exact) mass is 340 g/mol. The highest BCUT2D eigenvalue weighted by atomic mass is 79.9. The third-order valence-electron chi connectivity index (χ3n) is 2.62. The first-order chi connectivity index (χ1) is 9.20. The first kappa shape index (κ1) is 14.3. The van der Waals surface area contributed by atoms with Crippen molar-refractivity contribution >= 4 is 27.5 Å². The van der Waals surface area contributed by atoms with Crippen LogP contribution in [0, 0.1) is 0 Å². The van der Waals surface area contributed by atoms with Gasteiger partial charge in [-0.2, -0.15) is 0 Å². The van der Waals surface area contributed by atoms with Crippen molar-refractivity contribution in [3.8, 4) is 5.75 Å². The van der Waals surface area contributed by atoms with Crippen molar-refractivity contribution in [2.24, 2.45) is 5.73 Å². The summed E-state index contributed by atoms with van der Waals surface area (Å²) in [6.07, 6.45) is 2.48. The number of aromatic nitrogens is 1. The van der Waals surface area contributed by atoms with Crippen molar-refractivity contribution in [3.63, 3.8) is 0 Å². The number of nitrogens with two attached hydrogens (primary N) is 1. The molecule has 0 spiro atoms. The van der Waals surface area contributed by atoms with Crippen molar-refractivity contribution in [2.75, 3.05) is 6.54 Å². The average molecular weight is 342 g/mol. The van der Waals surface area contributed by atoms with Crippen molar-refractivity contribution in [2.45, 2.75) is 13.0 Å². The molecule has 2 rings (SSSR count). The number of benzene rings is 1. The summed E-state index contributed by atoms with van der Waals surface area (Å²) in [4.78, 5) is 4.26. The van der Waals surface area contributed by atoms with Gasteiger partial charge in [0, 0.05) is 10.7 Å². The second-order valence-corrected chi connectivity index (χ2v) is 5.35. The maximum absolute atomic E-state index is 6.16. The molecule has 2 aromatic rings. The lowest BCUT2D eigenvalue weighted by Crippen LogP contribution is -2.06. The van der Waals surface area contributed by atoms with Crippen LogP contribution in [0.4, 0.5) is 0 Å². The van der Waals surface area contributed by atoms with E-state index in [2.05, 4.69) is 20.9 Å². The molecule has 5 heteroatoms. The van der Waals surface area contributed by atoms with E-state index in [-0.39, 0.29) is 0 Å². The number of hydrogen-bond donors (Lipinski definition) is 1. The molecule has 0 aliphatic rings. The van der Waals surface area contributed by atoms with Crippen LogP contribution in [0.15, 0.2) is 41.0 Å².